The average molecular weight is 290 g/mol. The normalized spacial score (nSPS) is 18.6. The Morgan fingerprint density at radius 1 is 1.43 bits per heavy atom. The van der Waals surface area contributed by atoms with E-state index in [-0.39, 0.29) is 24.9 Å². The standard InChI is InChI=1S/C16H22N2O3/c1-2-12-5-3-6-13(9-12)17-15(19)11-18-8-4-7-14(18)10-16(20)21/h3,5-6,9,14H,2,4,7-8,10-11H2,1H3,(H,17,19)(H,20,21). The summed E-state index contributed by atoms with van der Waals surface area (Å²) in [6, 6.07) is 7.78. The fourth-order valence-corrected chi connectivity index (χ4v) is 2.79. The highest BCUT2D eigenvalue weighted by Crippen LogP contribution is 2.20. The van der Waals surface area contributed by atoms with Crippen LogP contribution in [0.5, 0.6) is 0 Å². The van der Waals surface area contributed by atoms with Crippen LogP contribution in [-0.2, 0) is 16.0 Å². The first-order valence-corrected chi connectivity index (χ1v) is 7.43. The Labute approximate surface area is 125 Å². The summed E-state index contributed by atoms with van der Waals surface area (Å²) in [5.74, 6) is -0.886. The maximum atomic E-state index is 12.1. The van der Waals surface area contributed by atoms with Gasteiger partial charge in [-0.2, -0.15) is 0 Å². The van der Waals surface area contributed by atoms with Gasteiger partial charge in [0.2, 0.25) is 5.91 Å². The van der Waals surface area contributed by atoms with E-state index in [0.717, 1.165) is 31.5 Å². The van der Waals surface area contributed by atoms with Crippen LogP contribution >= 0.6 is 0 Å². The van der Waals surface area contributed by atoms with Crippen molar-refractivity contribution in [3.8, 4) is 0 Å². The number of carboxylic acid groups (broad SMARTS) is 1. The molecule has 1 aliphatic heterocycles. The lowest BCUT2D eigenvalue weighted by molar-refractivity contribution is -0.138. The van der Waals surface area contributed by atoms with Crippen molar-refractivity contribution in [1.82, 2.24) is 4.90 Å². The summed E-state index contributed by atoms with van der Waals surface area (Å²) >= 11 is 0. The molecule has 1 aliphatic rings. The zero-order valence-electron chi connectivity index (χ0n) is 12.3. The molecule has 2 N–H and O–H groups in total. The summed E-state index contributed by atoms with van der Waals surface area (Å²) < 4.78 is 0. The molecule has 21 heavy (non-hydrogen) atoms. The molecular weight excluding hydrogens is 268 g/mol. The Bertz CT molecular complexity index is 516. The smallest absolute Gasteiger partial charge is 0.304 e. The lowest BCUT2D eigenvalue weighted by Crippen LogP contribution is -2.37. The van der Waals surface area contributed by atoms with Gasteiger partial charge in [-0.25, -0.2) is 0 Å². The van der Waals surface area contributed by atoms with Crippen LogP contribution in [-0.4, -0.2) is 41.0 Å². The predicted molar refractivity (Wildman–Crippen MR) is 81.3 cm³/mol. The van der Waals surface area contributed by atoms with Gasteiger partial charge in [0.25, 0.3) is 0 Å². The van der Waals surface area contributed by atoms with Gasteiger partial charge in [-0.1, -0.05) is 19.1 Å². The molecule has 1 saturated heterocycles. The largest absolute Gasteiger partial charge is 0.481 e. The molecule has 0 aromatic heterocycles. The highest BCUT2D eigenvalue weighted by atomic mass is 16.4. The Balaban J connectivity index is 1.90. The molecular formula is C16H22N2O3. The van der Waals surface area contributed by atoms with Gasteiger partial charge in [0.15, 0.2) is 0 Å². The van der Waals surface area contributed by atoms with E-state index < -0.39 is 5.97 Å². The molecule has 0 spiro atoms. The van der Waals surface area contributed by atoms with Crippen LogP contribution in [0.15, 0.2) is 24.3 Å². The Morgan fingerprint density at radius 2 is 2.24 bits per heavy atom. The van der Waals surface area contributed by atoms with Gasteiger partial charge in [0.05, 0.1) is 13.0 Å². The third-order valence-electron chi connectivity index (χ3n) is 3.88. The van der Waals surface area contributed by atoms with E-state index in [2.05, 4.69) is 12.2 Å². The van der Waals surface area contributed by atoms with E-state index in [9.17, 15) is 9.59 Å². The molecule has 5 nitrogen and oxygen atoms in total. The summed E-state index contributed by atoms with van der Waals surface area (Å²) in [7, 11) is 0. The maximum absolute atomic E-state index is 12.1. The molecule has 0 bridgehead atoms. The molecule has 0 saturated carbocycles. The van der Waals surface area contributed by atoms with Gasteiger partial charge in [-0.3, -0.25) is 14.5 Å². The number of aryl methyl sites for hydroxylation is 1. The van der Waals surface area contributed by atoms with E-state index in [1.807, 2.05) is 29.2 Å². The van der Waals surface area contributed by atoms with Crippen molar-refractivity contribution in [2.45, 2.75) is 38.6 Å². The Morgan fingerprint density at radius 3 is 2.95 bits per heavy atom. The molecule has 1 fully saturated rings. The van der Waals surface area contributed by atoms with Crippen LogP contribution in [0.1, 0.15) is 31.7 Å². The lowest BCUT2D eigenvalue weighted by atomic mass is 10.1. The van der Waals surface area contributed by atoms with Crippen LogP contribution in [0.3, 0.4) is 0 Å². The topological polar surface area (TPSA) is 69.6 Å². The van der Waals surface area contributed by atoms with Crippen LogP contribution in [0.4, 0.5) is 5.69 Å². The molecule has 1 heterocycles. The number of aliphatic carboxylic acids is 1. The minimum atomic E-state index is -0.803. The number of carbonyl (C=O) groups excluding carboxylic acids is 1. The van der Waals surface area contributed by atoms with E-state index in [4.69, 9.17) is 5.11 Å². The summed E-state index contributed by atoms with van der Waals surface area (Å²) in [5.41, 5.74) is 1.98. The molecule has 0 radical (unpaired) electrons. The van der Waals surface area contributed by atoms with Crippen molar-refractivity contribution in [1.29, 1.82) is 0 Å². The second-order valence-corrected chi connectivity index (χ2v) is 5.47. The van der Waals surface area contributed by atoms with Gasteiger partial charge in [-0.05, 0) is 43.5 Å². The minimum absolute atomic E-state index is 0.0183. The molecule has 1 aromatic carbocycles. The molecule has 1 amide bonds. The van der Waals surface area contributed by atoms with E-state index in [1.54, 1.807) is 0 Å². The number of hydrogen-bond donors (Lipinski definition) is 2. The lowest BCUT2D eigenvalue weighted by Gasteiger charge is -2.22. The fourth-order valence-electron chi connectivity index (χ4n) is 2.79. The quantitative estimate of drug-likeness (QED) is 0.842. The Kier molecular flexibility index (Phi) is 5.33. The maximum Gasteiger partial charge on any atom is 0.304 e. The average Bonchev–Trinajstić information content (AvgIpc) is 2.85. The van der Waals surface area contributed by atoms with Crippen molar-refractivity contribution in [3.05, 3.63) is 29.8 Å². The van der Waals surface area contributed by atoms with Crippen LogP contribution in [0, 0.1) is 0 Å². The number of nitrogens with one attached hydrogen (secondary N) is 1. The number of amides is 1. The van der Waals surface area contributed by atoms with Crippen molar-refractivity contribution in [2.75, 3.05) is 18.4 Å². The molecule has 5 heteroatoms. The second-order valence-electron chi connectivity index (χ2n) is 5.47. The van der Waals surface area contributed by atoms with E-state index in [0.29, 0.717) is 0 Å². The third-order valence-corrected chi connectivity index (χ3v) is 3.88. The van der Waals surface area contributed by atoms with Gasteiger partial charge >= 0.3 is 5.97 Å². The number of hydrogen-bond acceptors (Lipinski definition) is 3. The van der Waals surface area contributed by atoms with E-state index >= 15 is 0 Å². The molecule has 114 valence electrons. The number of nitrogens with zero attached hydrogens (tertiary/aromatic N) is 1. The van der Waals surface area contributed by atoms with Crippen molar-refractivity contribution in [3.63, 3.8) is 0 Å². The van der Waals surface area contributed by atoms with Gasteiger partial charge in [0, 0.05) is 11.7 Å². The number of carbonyl (C=O) groups is 2. The van der Waals surface area contributed by atoms with Crippen LogP contribution in [0.2, 0.25) is 0 Å². The predicted octanol–water partition coefficient (Wildman–Crippen LogP) is 2.13. The number of rotatable bonds is 6. The summed E-state index contributed by atoms with van der Waals surface area (Å²) in [5, 5.41) is 11.8. The molecule has 1 unspecified atom stereocenters. The first-order chi connectivity index (χ1) is 10.1. The van der Waals surface area contributed by atoms with Crippen LogP contribution < -0.4 is 5.32 Å². The highest BCUT2D eigenvalue weighted by Gasteiger charge is 2.27. The number of benzene rings is 1. The van der Waals surface area contributed by atoms with Crippen molar-refractivity contribution < 1.29 is 14.7 Å². The first kappa shape index (κ1) is 15.5. The zero-order chi connectivity index (χ0) is 15.2. The van der Waals surface area contributed by atoms with Crippen molar-refractivity contribution in [2.24, 2.45) is 0 Å². The highest BCUT2D eigenvalue weighted by molar-refractivity contribution is 5.92. The van der Waals surface area contributed by atoms with Crippen molar-refractivity contribution >= 4 is 17.6 Å². The summed E-state index contributed by atoms with van der Waals surface area (Å²) in [4.78, 5) is 24.9. The third kappa shape index (κ3) is 4.56. The Hall–Kier alpha value is -1.88. The SMILES string of the molecule is CCc1cccc(NC(=O)CN2CCCC2CC(=O)O)c1. The monoisotopic (exact) mass is 290 g/mol. The van der Waals surface area contributed by atoms with Crippen LogP contribution in [0.25, 0.3) is 0 Å². The summed E-state index contributed by atoms with van der Waals surface area (Å²) in [6.07, 6.45) is 2.84. The van der Waals surface area contributed by atoms with Gasteiger partial charge < -0.3 is 10.4 Å². The fraction of sp³-hybridized carbons (Fsp3) is 0.500. The molecule has 2 rings (SSSR count). The zero-order valence-corrected chi connectivity index (χ0v) is 12.3. The first-order valence-electron chi connectivity index (χ1n) is 7.43. The number of carboxylic acids is 1. The number of likely N-dealkylation sites (tertiary alicyclic amines) is 1. The second kappa shape index (κ2) is 7.22. The molecule has 0 aliphatic carbocycles. The number of anilines is 1. The molecule has 1 atom stereocenters. The van der Waals surface area contributed by atoms with Gasteiger partial charge in [0.1, 0.15) is 0 Å². The molecule has 1 aromatic rings. The van der Waals surface area contributed by atoms with E-state index in [1.165, 1.54) is 5.56 Å². The summed E-state index contributed by atoms with van der Waals surface area (Å²) in [6.45, 7) is 3.12. The minimum Gasteiger partial charge on any atom is -0.481 e. The van der Waals surface area contributed by atoms with Gasteiger partial charge in [-0.15, -0.1) is 0 Å².